The molecule has 2 bridgehead atoms. The van der Waals surface area contributed by atoms with Crippen LogP contribution in [0.15, 0.2) is 35.7 Å². The summed E-state index contributed by atoms with van der Waals surface area (Å²) in [5, 5.41) is 5.19. The molecule has 7 heteroatoms. The molecule has 3 amide bonds. The summed E-state index contributed by atoms with van der Waals surface area (Å²) in [6.45, 7) is -0.238. The monoisotopic (exact) mass is 433 g/mol. The van der Waals surface area contributed by atoms with E-state index >= 15 is 0 Å². The fourth-order valence-corrected chi connectivity index (χ4v) is 6.51. The van der Waals surface area contributed by atoms with Crippen LogP contribution in [0.1, 0.15) is 30.4 Å². The molecule has 4 aliphatic rings. The number of fused-ring (bicyclic) bond motifs is 6. The number of aryl methyl sites for hydroxylation is 2. The zero-order chi connectivity index (χ0) is 21.1. The van der Waals surface area contributed by atoms with Crippen LogP contribution in [0, 0.1) is 23.7 Å². The number of benzene rings is 1. The van der Waals surface area contributed by atoms with Crippen LogP contribution in [0.2, 0.25) is 0 Å². The number of imide groups is 1. The van der Waals surface area contributed by atoms with Crippen LogP contribution >= 0.6 is 11.3 Å². The number of amides is 3. The maximum atomic E-state index is 12.8. The molecule has 4 atom stereocenters. The van der Waals surface area contributed by atoms with Gasteiger partial charge in [-0.15, -0.1) is 11.3 Å². The predicted molar refractivity (Wildman–Crippen MR) is 117 cm³/mol. The molecule has 2 aromatic rings. The number of allylic oxidation sites excluding steroid dienone is 2. The van der Waals surface area contributed by atoms with Gasteiger partial charge < -0.3 is 5.32 Å². The fraction of sp³-hybridized carbons (Fsp3) is 0.417. The Bertz CT molecular complexity index is 1110. The van der Waals surface area contributed by atoms with E-state index in [-0.39, 0.29) is 47.9 Å². The molecule has 1 aromatic heterocycles. The summed E-state index contributed by atoms with van der Waals surface area (Å²) >= 11 is 1.36. The summed E-state index contributed by atoms with van der Waals surface area (Å²) in [6.07, 6.45) is 9.71. The van der Waals surface area contributed by atoms with E-state index in [2.05, 4.69) is 40.7 Å². The highest BCUT2D eigenvalue weighted by molar-refractivity contribution is 7.14. The first kappa shape index (κ1) is 18.9. The average molecular weight is 434 g/mol. The number of aromatic nitrogens is 1. The molecule has 2 fully saturated rings. The first-order valence-electron chi connectivity index (χ1n) is 11.0. The maximum absolute atomic E-state index is 12.8. The SMILES string of the molecule is O=C(CN1C(=O)C2C3C=CC(C3)C2C1=O)Nc1nc(-c2ccc3c(c2)CCCC3)cs1. The van der Waals surface area contributed by atoms with E-state index in [1.54, 1.807) is 0 Å². The van der Waals surface area contributed by atoms with Gasteiger partial charge in [-0.1, -0.05) is 24.3 Å². The van der Waals surface area contributed by atoms with E-state index in [0.717, 1.165) is 35.4 Å². The second-order valence-electron chi connectivity index (χ2n) is 9.04. The third-order valence-electron chi connectivity index (χ3n) is 7.26. The van der Waals surface area contributed by atoms with Gasteiger partial charge in [0.2, 0.25) is 17.7 Å². The Morgan fingerprint density at radius 1 is 1.06 bits per heavy atom. The highest BCUT2D eigenvalue weighted by Crippen LogP contribution is 2.52. The Morgan fingerprint density at radius 2 is 1.77 bits per heavy atom. The van der Waals surface area contributed by atoms with E-state index < -0.39 is 0 Å². The van der Waals surface area contributed by atoms with Crippen LogP contribution in [0.3, 0.4) is 0 Å². The van der Waals surface area contributed by atoms with Crippen molar-refractivity contribution in [2.45, 2.75) is 32.1 Å². The highest BCUT2D eigenvalue weighted by atomic mass is 32.1. The third-order valence-corrected chi connectivity index (χ3v) is 8.02. The van der Waals surface area contributed by atoms with Crippen molar-refractivity contribution < 1.29 is 14.4 Å². The molecule has 3 aliphatic carbocycles. The van der Waals surface area contributed by atoms with Gasteiger partial charge in [-0.25, -0.2) is 4.98 Å². The van der Waals surface area contributed by atoms with Crippen molar-refractivity contribution in [3.63, 3.8) is 0 Å². The Kier molecular flexibility index (Phi) is 4.35. The van der Waals surface area contributed by atoms with Gasteiger partial charge in [0.1, 0.15) is 6.54 Å². The van der Waals surface area contributed by atoms with Crippen molar-refractivity contribution in [1.82, 2.24) is 9.88 Å². The Morgan fingerprint density at radius 3 is 2.52 bits per heavy atom. The minimum absolute atomic E-state index is 0.151. The van der Waals surface area contributed by atoms with Crippen molar-refractivity contribution in [2.75, 3.05) is 11.9 Å². The van der Waals surface area contributed by atoms with E-state index in [9.17, 15) is 14.4 Å². The van der Waals surface area contributed by atoms with Crippen molar-refractivity contribution in [2.24, 2.45) is 23.7 Å². The van der Waals surface area contributed by atoms with Gasteiger partial charge in [0.05, 0.1) is 17.5 Å². The summed E-state index contributed by atoms with van der Waals surface area (Å²) in [7, 11) is 0. The first-order chi connectivity index (χ1) is 15.1. The molecule has 0 radical (unpaired) electrons. The van der Waals surface area contributed by atoms with Crippen molar-refractivity contribution >= 4 is 34.2 Å². The number of hydrogen-bond acceptors (Lipinski definition) is 5. The normalized spacial score (nSPS) is 28.2. The highest BCUT2D eigenvalue weighted by Gasteiger charge is 2.59. The van der Waals surface area contributed by atoms with Gasteiger partial charge in [-0.05, 0) is 61.1 Å². The second kappa shape index (κ2) is 7.12. The number of carbonyl (C=O) groups is 3. The molecule has 31 heavy (non-hydrogen) atoms. The largest absolute Gasteiger partial charge is 0.300 e. The molecular formula is C24H23N3O3S. The Hall–Kier alpha value is -2.80. The lowest BCUT2D eigenvalue weighted by molar-refractivity contribution is -0.143. The van der Waals surface area contributed by atoms with E-state index in [1.807, 2.05) is 5.38 Å². The molecule has 1 saturated carbocycles. The van der Waals surface area contributed by atoms with Gasteiger partial charge in [-0.2, -0.15) is 0 Å². The van der Waals surface area contributed by atoms with Crippen LogP contribution in [-0.4, -0.2) is 34.2 Å². The topological polar surface area (TPSA) is 79.4 Å². The molecule has 0 spiro atoms. The quantitative estimate of drug-likeness (QED) is 0.592. The van der Waals surface area contributed by atoms with Crippen LogP contribution in [-0.2, 0) is 27.2 Å². The molecule has 1 aromatic carbocycles. The fourth-order valence-electron chi connectivity index (χ4n) is 5.78. The molecule has 1 saturated heterocycles. The maximum Gasteiger partial charge on any atom is 0.246 e. The van der Waals surface area contributed by atoms with Gasteiger partial charge in [-0.3, -0.25) is 19.3 Å². The molecule has 2 heterocycles. The smallest absolute Gasteiger partial charge is 0.246 e. The van der Waals surface area contributed by atoms with Crippen LogP contribution in [0.25, 0.3) is 11.3 Å². The summed E-state index contributed by atoms with van der Waals surface area (Å²) in [6, 6.07) is 6.48. The zero-order valence-electron chi connectivity index (χ0n) is 17.0. The second-order valence-corrected chi connectivity index (χ2v) is 9.90. The van der Waals surface area contributed by atoms with Crippen molar-refractivity contribution in [3.05, 3.63) is 46.9 Å². The summed E-state index contributed by atoms with van der Waals surface area (Å²) < 4.78 is 0. The van der Waals surface area contributed by atoms with E-state index in [0.29, 0.717) is 5.13 Å². The van der Waals surface area contributed by atoms with Crippen LogP contribution < -0.4 is 5.32 Å². The molecule has 6 nitrogen and oxygen atoms in total. The number of anilines is 1. The summed E-state index contributed by atoms with van der Waals surface area (Å²) in [4.78, 5) is 43.8. The molecule has 158 valence electrons. The molecular weight excluding hydrogens is 410 g/mol. The lowest BCUT2D eigenvalue weighted by Crippen LogP contribution is -2.39. The zero-order valence-corrected chi connectivity index (χ0v) is 17.9. The Labute approximate surface area is 184 Å². The standard InChI is InChI=1S/C24H23N3O3S/c28-19(11-27-22(29)20-16-7-8-17(10-16)21(20)23(27)30)26-24-25-18(12-31-24)15-6-5-13-3-1-2-4-14(13)9-15/h5-9,12,16-17,20-21H,1-4,10-11H2,(H,25,26,28). The van der Waals surface area contributed by atoms with Gasteiger partial charge >= 0.3 is 0 Å². The minimum atomic E-state index is -0.381. The van der Waals surface area contributed by atoms with E-state index in [4.69, 9.17) is 0 Å². The average Bonchev–Trinajstić information content (AvgIpc) is 3.55. The molecule has 1 aliphatic heterocycles. The number of nitrogens with zero attached hydrogens (tertiary/aromatic N) is 2. The minimum Gasteiger partial charge on any atom is -0.300 e. The molecule has 6 rings (SSSR count). The number of thiazole rings is 1. The number of likely N-dealkylation sites (tertiary alicyclic amines) is 1. The number of carbonyl (C=O) groups excluding carboxylic acids is 3. The van der Waals surface area contributed by atoms with Gasteiger partial charge in [0.25, 0.3) is 0 Å². The predicted octanol–water partition coefficient (Wildman–Crippen LogP) is 3.43. The lowest BCUT2D eigenvalue weighted by atomic mass is 9.85. The van der Waals surface area contributed by atoms with Crippen LogP contribution in [0.4, 0.5) is 5.13 Å². The summed E-state index contributed by atoms with van der Waals surface area (Å²) in [5.41, 5.74) is 4.70. The summed E-state index contributed by atoms with van der Waals surface area (Å²) in [5.74, 6) is -1.02. The van der Waals surface area contributed by atoms with E-state index in [1.165, 1.54) is 35.3 Å². The van der Waals surface area contributed by atoms with Crippen LogP contribution in [0.5, 0.6) is 0 Å². The van der Waals surface area contributed by atoms with Gasteiger partial charge in [0.15, 0.2) is 5.13 Å². The van der Waals surface area contributed by atoms with Crippen molar-refractivity contribution in [3.8, 4) is 11.3 Å². The third kappa shape index (κ3) is 3.05. The number of hydrogen-bond donors (Lipinski definition) is 1. The number of nitrogens with one attached hydrogen (secondary N) is 1. The molecule has 1 N–H and O–H groups in total. The molecule has 4 unspecified atom stereocenters. The lowest BCUT2D eigenvalue weighted by Gasteiger charge is -2.16. The Balaban J connectivity index is 1.13. The van der Waals surface area contributed by atoms with Crippen molar-refractivity contribution in [1.29, 1.82) is 0 Å². The number of rotatable bonds is 4. The van der Waals surface area contributed by atoms with Gasteiger partial charge in [0, 0.05) is 10.9 Å². The first-order valence-corrected chi connectivity index (χ1v) is 11.9.